The zero-order chi connectivity index (χ0) is 15.6. The van der Waals surface area contributed by atoms with Crippen molar-refractivity contribution in [3.05, 3.63) is 35.4 Å². The molecule has 0 fully saturated rings. The van der Waals surface area contributed by atoms with E-state index >= 15 is 0 Å². The standard InChI is InChI=1S/C16H19NO4/c1-10(17-21-15(19)16(2,3)4)12-9-11-7-5-6-8-13(11)20-14(12)18/h5-9,14,18H,1-4H3/b17-10-. The Balaban J connectivity index is 2.21. The molecule has 1 aromatic carbocycles. The van der Waals surface area contributed by atoms with Gasteiger partial charge < -0.3 is 14.7 Å². The molecule has 0 spiro atoms. The fourth-order valence-corrected chi connectivity index (χ4v) is 1.71. The molecule has 0 saturated heterocycles. The van der Waals surface area contributed by atoms with Gasteiger partial charge in [0.05, 0.1) is 11.1 Å². The number of fused-ring (bicyclic) bond motifs is 1. The molecule has 1 atom stereocenters. The third-order valence-corrected chi connectivity index (χ3v) is 3.03. The van der Waals surface area contributed by atoms with Crippen molar-refractivity contribution in [3.8, 4) is 5.75 Å². The van der Waals surface area contributed by atoms with E-state index in [1.807, 2.05) is 18.2 Å². The maximum absolute atomic E-state index is 11.7. The van der Waals surface area contributed by atoms with Crippen molar-refractivity contribution < 1.29 is 19.5 Å². The van der Waals surface area contributed by atoms with E-state index in [9.17, 15) is 9.90 Å². The van der Waals surface area contributed by atoms with Crippen LogP contribution in [-0.2, 0) is 9.63 Å². The Hall–Kier alpha value is -2.14. The molecule has 1 heterocycles. The summed E-state index contributed by atoms with van der Waals surface area (Å²) in [6.45, 7) is 6.89. The Bertz CT molecular complexity index is 611. The SMILES string of the molecule is C/C(=N/OC(=O)C(C)(C)C)C1=Cc2ccccc2OC1O. The predicted octanol–water partition coefficient (Wildman–Crippen LogP) is 2.75. The summed E-state index contributed by atoms with van der Waals surface area (Å²) in [6, 6.07) is 7.35. The van der Waals surface area contributed by atoms with E-state index in [4.69, 9.17) is 9.57 Å². The second-order valence-corrected chi connectivity index (χ2v) is 5.91. The van der Waals surface area contributed by atoms with Crippen molar-refractivity contribution >= 4 is 17.8 Å². The minimum atomic E-state index is -1.13. The minimum absolute atomic E-state index is 0.398. The van der Waals surface area contributed by atoms with Crippen molar-refractivity contribution in [2.24, 2.45) is 10.6 Å². The van der Waals surface area contributed by atoms with Gasteiger partial charge in [-0.1, -0.05) is 23.4 Å². The molecule has 1 N–H and O–H groups in total. The first-order valence-electron chi connectivity index (χ1n) is 6.71. The van der Waals surface area contributed by atoms with Gasteiger partial charge in [-0.25, -0.2) is 4.79 Å². The molecule has 1 aliphatic rings. The number of carbonyl (C=O) groups is 1. The van der Waals surface area contributed by atoms with E-state index in [0.717, 1.165) is 5.56 Å². The highest BCUT2D eigenvalue weighted by Gasteiger charge is 2.25. The number of hydrogen-bond acceptors (Lipinski definition) is 5. The lowest BCUT2D eigenvalue weighted by atomic mass is 9.98. The molecule has 0 aliphatic carbocycles. The van der Waals surface area contributed by atoms with Crippen molar-refractivity contribution in [2.45, 2.75) is 34.0 Å². The van der Waals surface area contributed by atoms with Crippen LogP contribution in [0.5, 0.6) is 5.75 Å². The van der Waals surface area contributed by atoms with Crippen LogP contribution in [-0.4, -0.2) is 23.1 Å². The van der Waals surface area contributed by atoms with E-state index in [2.05, 4.69) is 5.16 Å². The molecule has 0 bridgehead atoms. The number of benzene rings is 1. The fraction of sp³-hybridized carbons (Fsp3) is 0.375. The van der Waals surface area contributed by atoms with Gasteiger partial charge in [-0.2, -0.15) is 0 Å². The first-order chi connectivity index (χ1) is 9.79. The molecule has 0 radical (unpaired) electrons. The molecule has 0 saturated carbocycles. The zero-order valence-electron chi connectivity index (χ0n) is 12.6. The number of oxime groups is 1. The molecule has 1 unspecified atom stereocenters. The molecule has 21 heavy (non-hydrogen) atoms. The fourth-order valence-electron chi connectivity index (χ4n) is 1.71. The third-order valence-electron chi connectivity index (χ3n) is 3.03. The third kappa shape index (κ3) is 3.49. The van der Waals surface area contributed by atoms with E-state index in [1.165, 1.54) is 0 Å². The quantitative estimate of drug-likeness (QED) is 0.516. The lowest BCUT2D eigenvalue weighted by Crippen LogP contribution is -2.27. The average molecular weight is 289 g/mol. The smallest absolute Gasteiger partial charge is 0.340 e. The highest BCUT2D eigenvalue weighted by atomic mass is 16.7. The monoisotopic (exact) mass is 289 g/mol. The Morgan fingerprint density at radius 1 is 1.33 bits per heavy atom. The summed E-state index contributed by atoms with van der Waals surface area (Å²) in [6.07, 6.45) is 0.643. The lowest BCUT2D eigenvalue weighted by molar-refractivity contribution is -0.152. The summed E-state index contributed by atoms with van der Waals surface area (Å²) in [5.41, 5.74) is 1.08. The topological polar surface area (TPSA) is 68.1 Å². The summed E-state index contributed by atoms with van der Waals surface area (Å²) in [7, 11) is 0. The number of hydrogen-bond donors (Lipinski definition) is 1. The highest BCUT2D eigenvalue weighted by Crippen LogP contribution is 2.29. The molecule has 1 aromatic rings. The van der Waals surface area contributed by atoms with Gasteiger partial charge in [0.15, 0.2) is 0 Å². The maximum Gasteiger partial charge on any atom is 0.340 e. The number of aliphatic hydroxyl groups excluding tert-OH is 1. The summed E-state index contributed by atoms with van der Waals surface area (Å²) < 4.78 is 5.41. The van der Waals surface area contributed by atoms with Crippen molar-refractivity contribution in [2.75, 3.05) is 0 Å². The van der Waals surface area contributed by atoms with E-state index in [1.54, 1.807) is 39.8 Å². The number of aliphatic hydroxyl groups is 1. The van der Waals surface area contributed by atoms with Gasteiger partial charge in [0.25, 0.3) is 0 Å². The summed E-state index contributed by atoms with van der Waals surface area (Å²) in [5.74, 6) is 0.169. The number of nitrogens with zero attached hydrogens (tertiary/aromatic N) is 1. The number of rotatable bonds is 2. The molecule has 1 aliphatic heterocycles. The van der Waals surface area contributed by atoms with Crippen molar-refractivity contribution in [1.29, 1.82) is 0 Å². The Morgan fingerprint density at radius 2 is 2.00 bits per heavy atom. The summed E-state index contributed by atoms with van der Waals surface area (Å²) >= 11 is 0. The molecule has 0 amide bonds. The van der Waals surface area contributed by atoms with Crippen LogP contribution in [0.4, 0.5) is 0 Å². The van der Waals surface area contributed by atoms with Gasteiger partial charge in [-0.3, -0.25) is 0 Å². The van der Waals surface area contributed by atoms with E-state index in [-0.39, 0.29) is 0 Å². The second kappa shape index (κ2) is 5.69. The number of carbonyl (C=O) groups excluding carboxylic acids is 1. The summed E-state index contributed by atoms with van der Waals surface area (Å²) in [4.78, 5) is 16.6. The van der Waals surface area contributed by atoms with Gasteiger partial charge in [-0.15, -0.1) is 0 Å². The predicted molar refractivity (Wildman–Crippen MR) is 79.7 cm³/mol. The maximum atomic E-state index is 11.7. The van der Waals surface area contributed by atoms with Gasteiger partial charge in [0, 0.05) is 11.1 Å². The molecular formula is C16H19NO4. The van der Waals surface area contributed by atoms with Crippen LogP contribution in [0.25, 0.3) is 6.08 Å². The van der Waals surface area contributed by atoms with Crippen LogP contribution in [0, 0.1) is 5.41 Å². The first kappa shape index (κ1) is 15.3. The van der Waals surface area contributed by atoms with Crippen LogP contribution in [0.3, 0.4) is 0 Å². The van der Waals surface area contributed by atoms with Crippen molar-refractivity contribution in [3.63, 3.8) is 0 Å². The van der Waals surface area contributed by atoms with Crippen LogP contribution >= 0.6 is 0 Å². The minimum Gasteiger partial charge on any atom is -0.460 e. The van der Waals surface area contributed by atoms with E-state index < -0.39 is 17.7 Å². The Morgan fingerprint density at radius 3 is 2.67 bits per heavy atom. The highest BCUT2D eigenvalue weighted by molar-refractivity contribution is 6.03. The largest absolute Gasteiger partial charge is 0.460 e. The molecule has 5 nitrogen and oxygen atoms in total. The van der Waals surface area contributed by atoms with Crippen molar-refractivity contribution in [1.82, 2.24) is 0 Å². The molecular weight excluding hydrogens is 270 g/mol. The Kier molecular flexibility index (Phi) is 4.14. The van der Waals surface area contributed by atoms with Gasteiger partial charge in [-0.05, 0) is 39.8 Å². The average Bonchev–Trinajstić information content (AvgIpc) is 2.42. The Labute approximate surface area is 123 Å². The van der Waals surface area contributed by atoms with Crippen LogP contribution < -0.4 is 4.74 Å². The van der Waals surface area contributed by atoms with Crippen LogP contribution in [0.15, 0.2) is 35.0 Å². The molecule has 0 aromatic heterocycles. The normalized spacial score (nSPS) is 18.4. The summed E-state index contributed by atoms with van der Waals surface area (Å²) in [5, 5.41) is 13.8. The van der Waals surface area contributed by atoms with Gasteiger partial charge >= 0.3 is 5.97 Å². The van der Waals surface area contributed by atoms with Crippen LogP contribution in [0.2, 0.25) is 0 Å². The lowest BCUT2D eigenvalue weighted by Gasteiger charge is -2.23. The van der Waals surface area contributed by atoms with Gasteiger partial charge in [0.1, 0.15) is 5.75 Å². The van der Waals surface area contributed by atoms with Crippen LogP contribution in [0.1, 0.15) is 33.3 Å². The molecule has 112 valence electrons. The number of para-hydroxylation sites is 1. The second-order valence-electron chi connectivity index (χ2n) is 5.91. The molecule has 2 rings (SSSR count). The number of ether oxygens (including phenoxy) is 1. The van der Waals surface area contributed by atoms with E-state index in [0.29, 0.717) is 17.0 Å². The zero-order valence-corrected chi connectivity index (χ0v) is 12.6. The molecule has 5 heteroatoms. The first-order valence-corrected chi connectivity index (χ1v) is 6.71. The van der Waals surface area contributed by atoms with Gasteiger partial charge in [0.2, 0.25) is 6.29 Å².